The van der Waals surface area contributed by atoms with Crippen LogP contribution in [0.4, 0.5) is 0 Å². The van der Waals surface area contributed by atoms with Crippen molar-refractivity contribution in [2.24, 2.45) is 5.92 Å². The molecule has 0 aromatic heterocycles. The number of rotatable bonds is 3. The van der Waals surface area contributed by atoms with E-state index in [0.29, 0.717) is 4.83 Å². The van der Waals surface area contributed by atoms with Gasteiger partial charge in [0.25, 0.3) is 0 Å². The zero-order chi connectivity index (χ0) is 9.68. The second kappa shape index (κ2) is 5.55. The number of nitrogens with zero attached hydrogens (tertiary/aromatic N) is 1. The molecule has 0 aromatic carbocycles. The van der Waals surface area contributed by atoms with E-state index in [0.717, 1.165) is 38.8 Å². The van der Waals surface area contributed by atoms with E-state index < -0.39 is 0 Å². The zero-order valence-electron chi connectivity index (χ0n) is 7.79. The highest BCUT2D eigenvalue weighted by Gasteiger charge is 2.23. The quantitative estimate of drug-likeness (QED) is 0.430. The van der Waals surface area contributed by atoms with Gasteiger partial charge in [-0.2, -0.15) is 0 Å². The van der Waals surface area contributed by atoms with E-state index in [9.17, 15) is 4.79 Å². The van der Waals surface area contributed by atoms with Crippen molar-refractivity contribution in [2.75, 3.05) is 19.6 Å². The molecule has 0 aromatic rings. The van der Waals surface area contributed by atoms with Crippen molar-refractivity contribution in [3.05, 3.63) is 12.7 Å². The Labute approximate surface area is 88.1 Å². The van der Waals surface area contributed by atoms with Gasteiger partial charge in [-0.05, 0) is 25.9 Å². The molecule has 0 spiro atoms. The highest BCUT2D eigenvalue weighted by atomic mass is 79.9. The van der Waals surface area contributed by atoms with Crippen LogP contribution in [0.15, 0.2) is 12.7 Å². The third kappa shape index (κ3) is 3.24. The first-order valence-corrected chi connectivity index (χ1v) is 5.62. The molecular formula is C10H16BrNO. The molecule has 13 heavy (non-hydrogen) atoms. The Hall–Kier alpha value is -0.150. The molecule has 0 aliphatic carbocycles. The van der Waals surface area contributed by atoms with E-state index in [4.69, 9.17) is 0 Å². The summed E-state index contributed by atoms with van der Waals surface area (Å²) in [5, 5.41) is 0. The van der Waals surface area contributed by atoms with Gasteiger partial charge in [-0.1, -0.05) is 22.0 Å². The van der Waals surface area contributed by atoms with Crippen LogP contribution in [0.3, 0.4) is 0 Å². The highest BCUT2D eigenvalue weighted by Crippen LogP contribution is 2.22. The van der Waals surface area contributed by atoms with Gasteiger partial charge < -0.3 is 4.79 Å². The summed E-state index contributed by atoms with van der Waals surface area (Å²) in [7, 11) is 0. The van der Waals surface area contributed by atoms with Gasteiger partial charge >= 0.3 is 0 Å². The standard InChI is InChI=1S/C10H16BrNO/c1-2-5-12-6-3-9(8-13)10(11)4-7-12/h2,8-10H,1,3-7H2. The third-order valence-electron chi connectivity index (χ3n) is 2.53. The number of aldehydes is 1. The summed E-state index contributed by atoms with van der Waals surface area (Å²) in [5.74, 6) is 0.190. The van der Waals surface area contributed by atoms with Gasteiger partial charge in [-0.15, -0.1) is 6.58 Å². The van der Waals surface area contributed by atoms with E-state index in [2.05, 4.69) is 27.4 Å². The van der Waals surface area contributed by atoms with Crippen LogP contribution in [-0.4, -0.2) is 35.6 Å². The molecule has 2 unspecified atom stereocenters. The average molecular weight is 246 g/mol. The van der Waals surface area contributed by atoms with Crippen molar-refractivity contribution >= 4 is 22.2 Å². The summed E-state index contributed by atoms with van der Waals surface area (Å²) in [6.07, 6.45) is 5.02. The molecule has 3 heteroatoms. The lowest BCUT2D eigenvalue weighted by atomic mass is 10.0. The number of carbonyl (C=O) groups is 1. The van der Waals surface area contributed by atoms with Gasteiger partial charge in [0.05, 0.1) is 0 Å². The molecule has 1 rings (SSSR count). The van der Waals surface area contributed by atoms with Crippen LogP contribution in [0.5, 0.6) is 0 Å². The summed E-state index contributed by atoms with van der Waals surface area (Å²) >= 11 is 3.56. The minimum absolute atomic E-state index is 0.190. The molecule has 1 fully saturated rings. The van der Waals surface area contributed by atoms with Crippen molar-refractivity contribution in [3.8, 4) is 0 Å². The van der Waals surface area contributed by atoms with Gasteiger partial charge in [-0.25, -0.2) is 0 Å². The number of likely N-dealkylation sites (tertiary alicyclic amines) is 1. The largest absolute Gasteiger partial charge is 0.303 e. The smallest absolute Gasteiger partial charge is 0.124 e. The molecule has 0 N–H and O–H groups in total. The first kappa shape index (κ1) is 10.9. The first-order valence-electron chi connectivity index (χ1n) is 4.70. The first-order chi connectivity index (χ1) is 6.27. The summed E-state index contributed by atoms with van der Waals surface area (Å²) in [6, 6.07) is 0. The van der Waals surface area contributed by atoms with Gasteiger partial charge in [0.1, 0.15) is 6.29 Å². The predicted octanol–water partition coefficient (Wildman–Crippen LogP) is 1.85. The van der Waals surface area contributed by atoms with E-state index in [1.807, 2.05) is 6.08 Å². The molecular weight excluding hydrogens is 230 g/mol. The molecule has 0 radical (unpaired) electrons. The van der Waals surface area contributed by atoms with Crippen LogP contribution in [0.2, 0.25) is 0 Å². The molecule has 0 saturated carbocycles. The minimum atomic E-state index is 0.190. The second-order valence-electron chi connectivity index (χ2n) is 3.48. The third-order valence-corrected chi connectivity index (χ3v) is 3.66. The Bertz CT molecular complexity index is 184. The lowest BCUT2D eigenvalue weighted by molar-refractivity contribution is -0.111. The Morgan fingerprint density at radius 3 is 2.77 bits per heavy atom. The van der Waals surface area contributed by atoms with E-state index in [1.165, 1.54) is 0 Å². The molecule has 2 nitrogen and oxygen atoms in total. The fourth-order valence-corrected chi connectivity index (χ4v) is 2.26. The molecule has 1 saturated heterocycles. The normalized spacial score (nSPS) is 30.8. The van der Waals surface area contributed by atoms with Crippen LogP contribution in [0, 0.1) is 5.92 Å². The molecule has 74 valence electrons. The number of hydrogen-bond donors (Lipinski definition) is 0. The van der Waals surface area contributed by atoms with Crippen molar-refractivity contribution in [1.29, 1.82) is 0 Å². The van der Waals surface area contributed by atoms with Crippen LogP contribution in [-0.2, 0) is 4.79 Å². The average Bonchev–Trinajstić information content (AvgIpc) is 2.30. The van der Waals surface area contributed by atoms with Crippen LogP contribution >= 0.6 is 15.9 Å². The van der Waals surface area contributed by atoms with E-state index in [1.54, 1.807) is 0 Å². The fourth-order valence-electron chi connectivity index (χ4n) is 1.66. The lowest BCUT2D eigenvalue weighted by Gasteiger charge is -2.16. The summed E-state index contributed by atoms with van der Waals surface area (Å²) in [4.78, 5) is 13.4. The Morgan fingerprint density at radius 2 is 2.15 bits per heavy atom. The van der Waals surface area contributed by atoms with Crippen molar-refractivity contribution in [2.45, 2.75) is 17.7 Å². The molecule has 0 bridgehead atoms. The van der Waals surface area contributed by atoms with Crippen LogP contribution in [0.1, 0.15) is 12.8 Å². The van der Waals surface area contributed by atoms with Crippen molar-refractivity contribution in [1.82, 2.24) is 4.90 Å². The van der Waals surface area contributed by atoms with Gasteiger partial charge in [0, 0.05) is 17.3 Å². The van der Waals surface area contributed by atoms with Crippen LogP contribution < -0.4 is 0 Å². The Kier molecular flexibility index (Phi) is 4.67. The summed E-state index contributed by atoms with van der Waals surface area (Å²) in [6.45, 7) is 6.73. The minimum Gasteiger partial charge on any atom is -0.303 e. The highest BCUT2D eigenvalue weighted by molar-refractivity contribution is 9.09. The maximum Gasteiger partial charge on any atom is 0.124 e. The Morgan fingerprint density at radius 1 is 1.46 bits per heavy atom. The van der Waals surface area contributed by atoms with Gasteiger partial charge in [0.15, 0.2) is 0 Å². The summed E-state index contributed by atoms with van der Waals surface area (Å²) in [5.41, 5.74) is 0. The van der Waals surface area contributed by atoms with Gasteiger partial charge in [-0.3, -0.25) is 4.90 Å². The topological polar surface area (TPSA) is 20.3 Å². The Balaban J connectivity index is 2.45. The SMILES string of the molecule is C=CCN1CCC(Br)C(C=O)CC1. The zero-order valence-corrected chi connectivity index (χ0v) is 9.37. The number of carbonyl (C=O) groups excluding carboxylic acids is 1. The van der Waals surface area contributed by atoms with Crippen LogP contribution in [0.25, 0.3) is 0 Å². The monoisotopic (exact) mass is 245 g/mol. The number of alkyl halides is 1. The van der Waals surface area contributed by atoms with Gasteiger partial charge in [0.2, 0.25) is 0 Å². The predicted molar refractivity (Wildman–Crippen MR) is 58.1 cm³/mol. The fraction of sp³-hybridized carbons (Fsp3) is 0.700. The number of halogens is 1. The maximum absolute atomic E-state index is 10.7. The molecule has 1 aliphatic heterocycles. The molecule has 2 atom stereocenters. The maximum atomic E-state index is 10.7. The van der Waals surface area contributed by atoms with E-state index >= 15 is 0 Å². The van der Waals surface area contributed by atoms with E-state index in [-0.39, 0.29) is 5.92 Å². The summed E-state index contributed by atoms with van der Waals surface area (Å²) < 4.78 is 0. The lowest BCUT2D eigenvalue weighted by Crippen LogP contribution is -2.24. The molecule has 1 aliphatic rings. The molecule has 0 amide bonds. The number of hydrogen-bond acceptors (Lipinski definition) is 2. The second-order valence-corrected chi connectivity index (χ2v) is 4.66. The van der Waals surface area contributed by atoms with Crippen molar-refractivity contribution < 1.29 is 4.79 Å². The molecule has 1 heterocycles. The van der Waals surface area contributed by atoms with Crippen molar-refractivity contribution in [3.63, 3.8) is 0 Å².